The molecule has 0 atom stereocenters. The summed E-state index contributed by atoms with van der Waals surface area (Å²) in [7, 11) is 0. The quantitative estimate of drug-likeness (QED) is 0.765. The van der Waals surface area contributed by atoms with Gasteiger partial charge in [0.05, 0.1) is 5.69 Å². The molecule has 1 aliphatic rings. The molecule has 0 saturated carbocycles. The Kier molecular flexibility index (Phi) is 3.59. The van der Waals surface area contributed by atoms with Gasteiger partial charge in [-0.1, -0.05) is 39.7 Å². The van der Waals surface area contributed by atoms with E-state index in [1.54, 1.807) is 0 Å². The highest BCUT2D eigenvalue weighted by molar-refractivity contribution is 9.10. The third kappa shape index (κ3) is 2.56. The van der Waals surface area contributed by atoms with E-state index < -0.39 is 0 Å². The molecule has 2 heterocycles. The van der Waals surface area contributed by atoms with Gasteiger partial charge in [-0.2, -0.15) is 11.8 Å². The molecule has 92 valence electrons. The van der Waals surface area contributed by atoms with Crippen molar-refractivity contribution >= 4 is 39.3 Å². The van der Waals surface area contributed by atoms with Crippen molar-refractivity contribution in [1.29, 1.82) is 0 Å². The van der Waals surface area contributed by atoms with Crippen LogP contribution in [0.15, 0.2) is 28.7 Å². The highest BCUT2D eigenvalue weighted by Gasteiger charge is 2.18. The van der Waals surface area contributed by atoms with Crippen LogP contribution in [0.4, 0.5) is 0 Å². The van der Waals surface area contributed by atoms with E-state index in [0.717, 1.165) is 39.5 Å². The van der Waals surface area contributed by atoms with Gasteiger partial charge in [-0.25, -0.2) is 9.97 Å². The van der Waals surface area contributed by atoms with E-state index in [-0.39, 0.29) is 0 Å². The van der Waals surface area contributed by atoms with Gasteiger partial charge in [0.2, 0.25) is 0 Å². The first-order valence-electron chi connectivity index (χ1n) is 5.59. The molecule has 5 heteroatoms. The molecule has 0 bridgehead atoms. The first-order valence-corrected chi connectivity index (χ1v) is 7.91. The molecule has 0 unspecified atom stereocenters. The van der Waals surface area contributed by atoms with Gasteiger partial charge in [0, 0.05) is 28.0 Å². The van der Waals surface area contributed by atoms with E-state index in [1.807, 2.05) is 23.9 Å². The van der Waals surface area contributed by atoms with Gasteiger partial charge in [-0.3, -0.25) is 0 Å². The Morgan fingerprint density at radius 3 is 3.00 bits per heavy atom. The van der Waals surface area contributed by atoms with Crippen LogP contribution in [0.25, 0.3) is 0 Å². The average Bonchev–Trinajstić information content (AvgIpc) is 2.77. The molecule has 1 aliphatic heterocycles. The van der Waals surface area contributed by atoms with Crippen LogP contribution in [0.3, 0.4) is 0 Å². The third-order valence-electron chi connectivity index (χ3n) is 2.83. The van der Waals surface area contributed by atoms with Crippen molar-refractivity contribution in [3.05, 3.63) is 56.5 Å². The van der Waals surface area contributed by atoms with Crippen LogP contribution in [-0.2, 0) is 17.9 Å². The first kappa shape index (κ1) is 12.5. The maximum Gasteiger partial charge on any atom is 0.137 e. The summed E-state index contributed by atoms with van der Waals surface area (Å²) in [6.07, 6.45) is 0.719. The minimum atomic E-state index is 0.620. The van der Waals surface area contributed by atoms with Gasteiger partial charge in [0.15, 0.2) is 0 Å². The zero-order valence-electron chi connectivity index (χ0n) is 9.49. The maximum absolute atomic E-state index is 6.20. The fourth-order valence-corrected chi connectivity index (χ4v) is 3.81. The number of nitrogens with zero attached hydrogens (tertiary/aromatic N) is 2. The normalized spacial score (nSPS) is 13.7. The summed E-state index contributed by atoms with van der Waals surface area (Å²) < 4.78 is 1.07. The Morgan fingerprint density at radius 1 is 1.28 bits per heavy atom. The molecule has 0 saturated heterocycles. The van der Waals surface area contributed by atoms with E-state index in [9.17, 15) is 0 Å². The van der Waals surface area contributed by atoms with E-state index in [4.69, 9.17) is 11.6 Å². The van der Waals surface area contributed by atoms with Gasteiger partial charge in [-0.15, -0.1) is 0 Å². The van der Waals surface area contributed by atoms with Gasteiger partial charge < -0.3 is 0 Å². The fraction of sp³-hybridized carbons (Fsp3) is 0.231. The van der Waals surface area contributed by atoms with E-state index in [2.05, 4.69) is 38.0 Å². The number of halogens is 2. The van der Waals surface area contributed by atoms with Gasteiger partial charge in [-0.05, 0) is 17.7 Å². The fourth-order valence-electron chi connectivity index (χ4n) is 1.97. The summed E-state index contributed by atoms with van der Waals surface area (Å²) in [6.45, 7) is 0. The number of fused-ring (bicyclic) bond motifs is 1. The number of aromatic nitrogens is 2. The topological polar surface area (TPSA) is 25.8 Å². The number of hydrogen-bond donors (Lipinski definition) is 0. The van der Waals surface area contributed by atoms with Crippen molar-refractivity contribution in [1.82, 2.24) is 9.97 Å². The predicted octanol–water partition coefficient (Wildman–Crippen LogP) is 4.23. The van der Waals surface area contributed by atoms with Crippen molar-refractivity contribution in [3.8, 4) is 0 Å². The van der Waals surface area contributed by atoms with Crippen molar-refractivity contribution in [2.45, 2.75) is 17.9 Å². The predicted molar refractivity (Wildman–Crippen MR) is 79.0 cm³/mol. The molecule has 0 N–H and O–H groups in total. The van der Waals surface area contributed by atoms with Crippen molar-refractivity contribution in [3.63, 3.8) is 0 Å². The van der Waals surface area contributed by atoms with Crippen molar-refractivity contribution in [2.24, 2.45) is 0 Å². The molecule has 2 aromatic rings. The minimum absolute atomic E-state index is 0.620. The van der Waals surface area contributed by atoms with Crippen LogP contribution in [0.1, 0.15) is 22.6 Å². The lowest BCUT2D eigenvalue weighted by atomic mass is 10.1. The molecule has 0 fully saturated rings. The summed E-state index contributed by atoms with van der Waals surface area (Å²) >= 11 is 11.5. The molecule has 2 nitrogen and oxygen atoms in total. The zero-order valence-corrected chi connectivity index (χ0v) is 12.6. The molecule has 0 aliphatic carbocycles. The summed E-state index contributed by atoms with van der Waals surface area (Å²) in [5, 5.41) is 0.620. The first-order chi connectivity index (χ1) is 8.72. The SMILES string of the molecule is Clc1nc(Cc2cccc(Br)c2)nc2c1CSC2. The summed E-state index contributed by atoms with van der Waals surface area (Å²) in [4.78, 5) is 9.00. The van der Waals surface area contributed by atoms with E-state index in [1.165, 1.54) is 5.56 Å². The molecule has 1 aromatic heterocycles. The maximum atomic E-state index is 6.20. The third-order valence-corrected chi connectivity index (χ3v) is 4.60. The number of hydrogen-bond acceptors (Lipinski definition) is 3. The highest BCUT2D eigenvalue weighted by Crippen LogP contribution is 2.32. The van der Waals surface area contributed by atoms with E-state index in [0.29, 0.717) is 5.15 Å². The molecule has 0 radical (unpaired) electrons. The molecule has 1 aromatic carbocycles. The van der Waals surface area contributed by atoms with Crippen LogP contribution in [0.5, 0.6) is 0 Å². The Morgan fingerprint density at radius 2 is 2.17 bits per heavy atom. The second kappa shape index (κ2) is 5.19. The highest BCUT2D eigenvalue weighted by atomic mass is 79.9. The van der Waals surface area contributed by atoms with E-state index >= 15 is 0 Å². The summed E-state index contributed by atoms with van der Waals surface area (Å²) in [5.74, 6) is 2.69. The Balaban J connectivity index is 1.92. The Bertz CT molecular complexity index is 604. The van der Waals surface area contributed by atoms with Crippen molar-refractivity contribution < 1.29 is 0 Å². The average molecular weight is 342 g/mol. The van der Waals surface area contributed by atoms with Gasteiger partial charge >= 0.3 is 0 Å². The van der Waals surface area contributed by atoms with Crippen LogP contribution in [0, 0.1) is 0 Å². The lowest BCUT2D eigenvalue weighted by molar-refractivity contribution is 0.927. The molecular formula is C13H10BrClN2S. The van der Waals surface area contributed by atoms with Gasteiger partial charge in [0.1, 0.15) is 11.0 Å². The Labute approximate surface area is 123 Å². The summed E-state index contributed by atoms with van der Waals surface area (Å²) in [6, 6.07) is 8.18. The second-order valence-corrected chi connectivity index (χ2v) is 6.41. The number of thioether (sulfide) groups is 1. The lowest BCUT2D eigenvalue weighted by Crippen LogP contribution is -2.02. The van der Waals surface area contributed by atoms with Gasteiger partial charge in [0.25, 0.3) is 0 Å². The van der Waals surface area contributed by atoms with Crippen molar-refractivity contribution in [2.75, 3.05) is 0 Å². The lowest BCUT2D eigenvalue weighted by Gasteiger charge is -2.05. The van der Waals surface area contributed by atoms with Crippen LogP contribution >= 0.6 is 39.3 Å². The van der Waals surface area contributed by atoms with Crippen LogP contribution < -0.4 is 0 Å². The number of rotatable bonds is 2. The molecule has 3 rings (SSSR count). The van der Waals surface area contributed by atoms with Crippen LogP contribution in [-0.4, -0.2) is 9.97 Å². The second-order valence-electron chi connectivity index (χ2n) is 4.16. The minimum Gasteiger partial charge on any atom is -0.236 e. The summed E-state index contributed by atoms with van der Waals surface area (Å²) in [5.41, 5.74) is 3.40. The largest absolute Gasteiger partial charge is 0.236 e. The standard InChI is InChI=1S/C13H10BrClN2S/c14-9-3-1-2-8(4-9)5-12-16-11-7-18-6-10(11)13(15)17-12/h1-4H,5-7H2. The number of benzene rings is 1. The van der Waals surface area contributed by atoms with Crippen LogP contribution in [0.2, 0.25) is 5.15 Å². The molecular weight excluding hydrogens is 332 g/mol. The monoisotopic (exact) mass is 340 g/mol. The zero-order chi connectivity index (χ0) is 12.5. The Hall–Kier alpha value is -0.580. The smallest absolute Gasteiger partial charge is 0.137 e. The molecule has 18 heavy (non-hydrogen) atoms. The molecule has 0 spiro atoms. The molecule has 0 amide bonds.